The van der Waals surface area contributed by atoms with Crippen molar-refractivity contribution < 1.29 is 14.3 Å². The van der Waals surface area contributed by atoms with Gasteiger partial charge in [-0.25, -0.2) is 0 Å². The average molecular weight is 479 g/mol. The van der Waals surface area contributed by atoms with Gasteiger partial charge in [0.1, 0.15) is 6.54 Å². The quantitative estimate of drug-likeness (QED) is 0.341. The van der Waals surface area contributed by atoms with Crippen LogP contribution in [0.15, 0.2) is 71.7 Å². The van der Waals surface area contributed by atoms with Crippen LogP contribution in [0.3, 0.4) is 0 Å². The van der Waals surface area contributed by atoms with Crippen LogP contribution in [0.2, 0.25) is 5.02 Å². The van der Waals surface area contributed by atoms with Crippen LogP contribution in [-0.2, 0) is 22.5 Å². The van der Waals surface area contributed by atoms with E-state index >= 15 is 0 Å². The number of ether oxygens (including phenoxy) is 1. The first kappa shape index (κ1) is 23.0. The Kier molecular flexibility index (Phi) is 7.06. The van der Waals surface area contributed by atoms with Gasteiger partial charge < -0.3 is 9.30 Å². The molecule has 7 heteroatoms. The molecule has 4 aromatic rings. The molecular formula is C26H23ClN2O3S. The van der Waals surface area contributed by atoms with Crippen molar-refractivity contribution in [3.63, 3.8) is 0 Å². The summed E-state index contributed by atoms with van der Waals surface area (Å²) >= 11 is 7.66. The molecule has 0 aliphatic heterocycles. The molecule has 1 aromatic heterocycles. The van der Waals surface area contributed by atoms with Crippen LogP contribution in [0.4, 0.5) is 0 Å². The van der Waals surface area contributed by atoms with Crippen molar-refractivity contribution >= 4 is 45.0 Å². The average Bonchev–Trinajstić information content (AvgIpc) is 3.15. The highest BCUT2D eigenvalue weighted by Gasteiger charge is 2.16. The predicted molar refractivity (Wildman–Crippen MR) is 132 cm³/mol. The van der Waals surface area contributed by atoms with Gasteiger partial charge in [0.05, 0.1) is 16.8 Å². The Morgan fingerprint density at radius 1 is 1.00 bits per heavy atom. The van der Waals surface area contributed by atoms with E-state index in [0.29, 0.717) is 15.4 Å². The molecule has 0 saturated heterocycles. The molecule has 0 radical (unpaired) electrons. The lowest BCUT2D eigenvalue weighted by molar-refractivity contribution is -0.143. The minimum Gasteiger partial charge on any atom is -0.465 e. The lowest BCUT2D eigenvalue weighted by Crippen LogP contribution is -2.23. The second-order valence-corrected chi connectivity index (χ2v) is 8.99. The zero-order valence-electron chi connectivity index (χ0n) is 18.4. The Labute approximate surface area is 200 Å². The maximum Gasteiger partial charge on any atom is 0.326 e. The number of nitrogens with zero attached hydrogens (tertiary/aromatic N) is 2. The number of esters is 1. The van der Waals surface area contributed by atoms with Crippen LogP contribution in [0.1, 0.15) is 34.0 Å². The number of halogens is 1. The molecule has 3 aromatic carbocycles. The lowest BCUT2D eigenvalue weighted by Gasteiger charge is -2.08. The summed E-state index contributed by atoms with van der Waals surface area (Å²) in [5.41, 5.74) is 4.42. The predicted octanol–water partition coefficient (Wildman–Crippen LogP) is 5.56. The number of carbonyl (C=O) groups is 2. The Morgan fingerprint density at radius 3 is 2.39 bits per heavy atom. The summed E-state index contributed by atoms with van der Waals surface area (Å²) in [6.07, 6.45) is 0.794. The zero-order chi connectivity index (χ0) is 23.4. The number of benzene rings is 3. The van der Waals surface area contributed by atoms with Crippen molar-refractivity contribution in [2.75, 3.05) is 6.61 Å². The van der Waals surface area contributed by atoms with Crippen LogP contribution >= 0.6 is 22.9 Å². The zero-order valence-corrected chi connectivity index (χ0v) is 19.9. The van der Waals surface area contributed by atoms with Gasteiger partial charge in [-0.15, -0.1) is 0 Å². The SMILES string of the molecule is CCOC(=O)Cn1c(=NC(=O)c2ccc(Cc3ccccc3)cc2)sc2ccc(Cl)c(C)c21. The van der Waals surface area contributed by atoms with E-state index in [1.807, 2.05) is 49.4 Å². The van der Waals surface area contributed by atoms with Crippen LogP contribution < -0.4 is 4.80 Å². The van der Waals surface area contributed by atoms with E-state index in [9.17, 15) is 9.59 Å². The number of rotatable bonds is 6. The number of hydrogen-bond acceptors (Lipinski definition) is 4. The summed E-state index contributed by atoms with van der Waals surface area (Å²) in [6.45, 7) is 3.88. The number of fused-ring (bicyclic) bond motifs is 1. The first-order valence-electron chi connectivity index (χ1n) is 10.6. The third-order valence-electron chi connectivity index (χ3n) is 5.27. The molecule has 0 saturated carbocycles. The molecule has 1 heterocycles. The molecule has 0 unspecified atom stereocenters. The van der Waals surface area contributed by atoms with Gasteiger partial charge in [0.15, 0.2) is 4.80 Å². The van der Waals surface area contributed by atoms with Gasteiger partial charge in [-0.1, -0.05) is 65.4 Å². The number of aryl methyl sites for hydroxylation is 1. The number of aromatic nitrogens is 1. The summed E-state index contributed by atoms with van der Waals surface area (Å²) in [4.78, 5) is 30.0. The largest absolute Gasteiger partial charge is 0.465 e. The Hall–Kier alpha value is -3.22. The minimum absolute atomic E-state index is 0.0445. The van der Waals surface area contributed by atoms with Crippen molar-refractivity contribution in [2.45, 2.75) is 26.8 Å². The van der Waals surface area contributed by atoms with Gasteiger partial charge in [-0.05, 0) is 61.2 Å². The molecule has 0 spiro atoms. The lowest BCUT2D eigenvalue weighted by atomic mass is 10.0. The Bertz CT molecular complexity index is 1370. The maximum absolute atomic E-state index is 13.0. The number of amides is 1. The van der Waals surface area contributed by atoms with Crippen molar-refractivity contribution in [2.24, 2.45) is 4.99 Å². The van der Waals surface area contributed by atoms with Crippen molar-refractivity contribution in [3.8, 4) is 0 Å². The summed E-state index contributed by atoms with van der Waals surface area (Å²) < 4.78 is 7.73. The summed E-state index contributed by atoms with van der Waals surface area (Å²) in [7, 11) is 0. The molecule has 1 amide bonds. The second kappa shape index (κ2) is 10.1. The molecule has 5 nitrogen and oxygen atoms in total. The van der Waals surface area contributed by atoms with Crippen molar-refractivity contribution in [1.82, 2.24) is 4.57 Å². The summed E-state index contributed by atoms with van der Waals surface area (Å²) in [5, 5.41) is 0.588. The molecule has 33 heavy (non-hydrogen) atoms. The Balaban J connectivity index is 1.68. The number of hydrogen-bond donors (Lipinski definition) is 0. The van der Waals surface area contributed by atoms with Gasteiger partial charge >= 0.3 is 5.97 Å². The fraction of sp³-hybridized carbons (Fsp3) is 0.192. The molecule has 4 rings (SSSR count). The van der Waals surface area contributed by atoms with Crippen LogP contribution in [0.5, 0.6) is 0 Å². The monoisotopic (exact) mass is 478 g/mol. The summed E-state index contributed by atoms with van der Waals surface area (Å²) in [6, 6.07) is 21.3. The van der Waals surface area contributed by atoms with Crippen LogP contribution in [0.25, 0.3) is 10.2 Å². The van der Waals surface area contributed by atoms with Crippen molar-refractivity contribution in [1.29, 1.82) is 0 Å². The molecule has 0 bridgehead atoms. The highest BCUT2D eigenvalue weighted by atomic mass is 35.5. The molecule has 0 atom stereocenters. The van der Waals surface area contributed by atoms with Crippen LogP contribution in [0, 0.1) is 6.92 Å². The fourth-order valence-corrected chi connectivity index (χ4v) is 4.87. The highest BCUT2D eigenvalue weighted by molar-refractivity contribution is 7.16. The minimum atomic E-state index is -0.393. The molecule has 168 valence electrons. The molecular weight excluding hydrogens is 456 g/mol. The van der Waals surface area contributed by atoms with E-state index in [2.05, 4.69) is 17.1 Å². The second-order valence-electron chi connectivity index (χ2n) is 7.57. The van der Waals surface area contributed by atoms with Crippen LogP contribution in [-0.4, -0.2) is 23.1 Å². The van der Waals surface area contributed by atoms with E-state index in [4.69, 9.17) is 16.3 Å². The number of carbonyl (C=O) groups excluding carboxylic acids is 2. The highest BCUT2D eigenvalue weighted by Crippen LogP contribution is 2.27. The topological polar surface area (TPSA) is 60.7 Å². The number of thiazole rings is 1. The van der Waals surface area contributed by atoms with E-state index in [1.54, 1.807) is 23.6 Å². The Morgan fingerprint density at radius 2 is 1.70 bits per heavy atom. The third kappa shape index (κ3) is 5.24. The van der Waals surface area contributed by atoms with E-state index in [0.717, 1.165) is 27.8 Å². The molecule has 0 aliphatic rings. The third-order valence-corrected chi connectivity index (χ3v) is 6.72. The van der Waals surface area contributed by atoms with E-state index < -0.39 is 5.97 Å². The van der Waals surface area contributed by atoms with Gasteiger partial charge in [0.2, 0.25) is 0 Å². The standard InChI is InChI=1S/C26H23ClN2O3S/c1-3-32-23(30)16-29-24-17(2)21(27)13-14-22(24)33-26(29)28-25(31)20-11-9-19(10-12-20)15-18-7-5-4-6-8-18/h4-14H,3,15-16H2,1-2H3. The molecule has 0 aliphatic carbocycles. The molecule has 0 N–H and O–H groups in total. The molecule has 0 fully saturated rings. The first-order valence-corrected chi connectivity index (χ1v) is 11.8. The van der Waals surface area contributed by atoms with E-state index in [-0.39, 0.29) is 19.1 Å². The van der Waals surface area contributed by atoms with Gasteiger partial charge in [0, 0.05) is 10.6 Å². The van der Waals surface area contributed by atoms with Gasteiger partial charge in [-0.2, -0.15) is 4.99 Å². The fourth-order valence-electron chi connectivity index (χ4n) is 3.63. The summed E-state index contributed by atoms with van der Waals surface area (Å²) in [5.74, 6) is -0.759. The first-order chi connectivity index (χ1) is 16.0. The van der Waals surface area contributed by atoms with Crippen molar-refractivity contribution in [3.05, 3.63) is 98.8 Å². The normalized spacial score (nSPS) is 11.7. The van der Waals surface area contributed by atoms with Gasteiger partial charge in [-0.3, -0.25) is 9.59 Å². The maximum atomic E-state index is 13.0. The van der Waals surface area contributed by atoms with Gasteiger partial charge in [0.25, 0.3) is 5.91 Å². The van der Waals surface area contributed by atoms with E-state index in [1.165, 1.54) is 16.9 Å². The smallest absolute Gasteiger partial charge is 0.326 e.